The average Bonchev–Trinajstić information content (AvgIpc) is 2.66. The summed E-state index contributed by atoms with van der Waals surface area (Å²) in [4.78, 5) is 26.5. The smallest absolute Gasteiger partial charge is 0.411 e. The number of methoxy groups -OCH3 is 1. The average molecular weight is 397 g/mol. The molecule has 1 aliphatic rings. The summed E-state index contributed by atoms with van der Waals surface area (Å²) in [6.45, 7) is 5.52. The van der Waals surface area contributed by atoms with Crippen molar-refractivity contribution in [2.75, 3.05) is 7.11 Å². The number of aliphatic carboxylic acids is 1. The minimum Gasteiger partial charge on any atom is -0.497 e. The molecule has 0 aromatic heterocycles. The van der Waals surface area contributed by atoms with Crippen molar-refractivity contribution in [1.29, 1.82) is 0 Å². The third-order valence-corrected chi connectivity index (χ3v) is 5.01. The Bertz CT molecular complexity index is 885. The highest BCUT2D eigenvalue weighted by Gasteiger charge is 2.43. The zero-order chi connectivity index (χ0) is 21.2. The van der Waals surface area contributed by atoms with Gasteiger partial charge in [-0.1, -0.05) is 36.4 Å². The first-order valence-corrected chi connectivity index (χ1v) is 9.63. The Kier molecular flexibility index (Phi) is 5.82. The Hall–Kier alpha value is -3.02. The quantitative estimate of drug-likeness (QED) is 0.836. The number of amides is 1. The lowest BCUT2D eigenvalue weighted by molar-refractivity contribution is -0.144. The molecule has 2 aromatic carbocycles. The number of ether oxygens (including phenoxy) is 2. The van der Waals surface area contributed by atoms with Gasteiger partial charge in [0.15, 0.2) is 0 Å². The van der Waals surface area contributed by atoms with Gasteiger partial charge in [0.2, 0.25) is 0 Å². The van der Waals surface area contributed by atoms with Crippen LogP contribution in [0.4, 0.5) is 4.79 Å². The molecule has 0 fully saturated rings. The summed E-state index contributed by atoms with van der Waals surface area (Å²) in [7, 11) is 1.60. The lowest BCUT2D eigenvalue weighted by Crippen LogP contribution is -2.52. The number of carbonyl (C=O) groups excluding carboxylic acids is 1. The van der Waals surface area contributed by atoms with Gasteiger partial charge >= 0.3 is 12.1 Å². The molecule has 0 saturated carbocycles. The van der Waals surface area contributed by atoms with Crippen LogP contribution in [-0.2, 0) is 22.5 Å². The van der Waals surface area contributed by atoms with Gasteiger partial charge < -0.3 is 14.6 Å². The Morgan fingerprint density at radius 2 is 1.76 bits per heavy atom. The maximum absolute atomic E-state index is 12.8. The number of carbonyl (C=O) groups is 2. The van der Waals surface area contributed by atoms with Crippen LogP contribution in [0.3, 0.4) is 0 Å². The molecule has 3 rings (SSSR count). The summed E-state index contributed by atoms with van der Waals surface area (Å²) in [6.07, 6.45) is -0.129. The predicted molar refractivity (Wildman–Crippen MR) is 109 cm³/mol. The number of rotatable bonds is 4. The topological polar surface area (TPSA) is 76.1 Å². The van der Waals surface area contributed by atoms with Crippen molar-refractivity contribution < 1.29 is 24.2 Å². The number of carboxylic acids is 1. The molecule has 1 aliphatic heterocycles. The van der Waals surface area contributed by atoms with Crippen molar-refractivity contribution in [2.24, 2.45) is 0 Å². The third-order valence-electron chi connectivity index (χ3n) is 5.01. The van der Waals surface area contributed by atoms with E-state index in [0.717, 1.165) is 22.4 Å². The monoisotopic (exact) mass is 397 g/mol. The fraction of sp³-hybridized carbons (Fsp3) is 0.391. The highest BCUT2D eigenvalue weighted by Crippen LogP contribution is 2.37. The summed E-state index contributed by atoms with van der Waals surface area (Å²) in [5.41, 5.74) is 2.16. The van der Waals surface area contributed by atoms with E-state index in [0.29, 0.717) is 6.42 Å². The molecular weight excluding hydrogens is 370 g/mol. The highest BCUT2D eigenvalue weighted by atomic mass is 16.6. The molecule has 0 spiro atoms. The van der Waals surface area contributed by atoms with Crippen LogP contribution >= 0.6 is 0 Å². The molecular formula is C23H27NO5. The molecule has 154 valence electrons. The second-order valence-electron chi connectivity index (χ2n) is 8.25. The number of benzene rings is 2. The van der Waals surface area contributed by atoms with E-state index in [9.17, 15) is 14.7 Å². The standard InChI is InChI=1S/C23H27NO5/c1-23(2,3)29-22(27)24-14-16-7-5-6-8-18(16)19(20(24)21(25)26)13-15-9-11-17(28-4)12-10-15/h5-12,19-20H,13-14H2,1-4H3,(H,25,26)/t19-,20-/m1/s1. The molecule has 0 aliphatic carbocycles. The van der Waals surface area contributed by atoms with Crippen LogP contribution in [0, 0.1) is 0 Å². The van der Waals surface area contributed by atoms with E-state index in [1.54, 1.807) is 27.9 Å². The van der Waals surface area contributed by atoms with Crippen LogP contribution < -0.4 is 4.74 Å². The van der Waals surface area contributed by atoms with Crippen molar-refractivity contribution in [3.05, 3.63) is 65.2 Å². The molecule has 0 saturated heterocycles. The molecule has 0 unspecified atom stereocenters. The van der Waals surface area contributed by atoms with E-state index in [4.69, 9.17) is 9.47 Å². The second kappa shape index (κ2) is 8.15. The maximum atomic E-state index is 12.8. The van der Waals surface area contributed by atoms with Crippen LogP contribution in [0.25, 0.3) is 0 Å². The molecule has 6 nitrogen and oxygen atoms in total. The number of carboxylic acid groups (broad SMARTS) is 1. The third kappa shape index (κ3) is 4.70. The number of hydrogen-bond donors (Lipinski definition) is 1. The van der Waals surface area contributed by atoms with Gasteiger partial charge in [-0.2, -0.15) is 0 Å². The Morgan fingerprint density at radius 3 is 2.34 bits per heavy atom. The van der Waals surface area contributed by atoms with Crippen LogP contribution in [0.1, 0.15) is 43.4 Å². The summed E-state index contributed by atoms with van der Waals surface area (Å²) in [6, 6.07) is 14.2. The Labute approximate surface area is 171 Å². The zero-order valence-corrected chi connectivity index (χ0v) is 17.2. The molecule has 1 heterocycles. The Balaban J connectivity index is 2.00. The van der Waals surface area contributed by atoms with Crippen molar-refractivity contribution in [1.82, 2.24) is 4.90 Å². The van der Waals surface area contributed by atoms with Crippen molar-refractivity contribution in [2.45, 2.75) is 51.3 Å². The minimum atomic E-state index is -1.04. The Morgan fingerprint density at radius 1 is 1.10 bits per heavy atom. The highest BCUT2D eigenvalue weighted by molar-refractivity contribution is 5.82. The van der Waals surface area contributed by atoms with Crippen LogP contribution in [0.2, 0.25) is 0 Å². The van der Waals surface area contributed by atoms with E-state index < -0.39 is 29.6 Å². The van der Waals surface area contributed by atoms with E-state index >= 15 is 0 Å². The fourth-order valence-electron chi connectivity index (χ4n) is 3.75. The van der Waals surface area contributed by atoms with Gasteiger partial charge in [-0.3, -0.25) is 4.90 Å². The van der Waals surface area contributed by atoms with Gasteiger partial charge in [-0.15, -0.1) is 0 Å². The minimum absolute atomic E-state index is 0.209. The fourth-order valence-corrected chi connectivity index (χ4v) is 3.75. The van der Waals surface area contributed by atoms with Gasteiger partial charge in [0.05, 0.1) is 13.7 Å². The molecule has 1 N–H and O–H groups in total. The van der Waals surface area contributed by atoms with E-state index in [2.05, 4.69) is 0 Å². The maximum Gasteiger partial charge on any atom is 0.411 e. The number of fused-ring (bicyclic) bond motifs is 1. The molecule has 2 aromatic rings. The van der Waals surface area contributed by atoms with Crippen molar-refractivity contribution >= 4 is 12.1 Å². The van der Waals surface area contributed by atoms with Crippen molar-refractivity contribution in [3.8, 4) is 5.75 Å². The van der Waals surface area contributed by atoms with Crippen molar-refractivity contribution in [3.63, 3.8) is 0 Å². The summed E-state index contributed by atoms with van der Waals surface area (Å²) in [5, 5.41) is 10.0. The largest absolute Gasteiger partial charge is 0.497 e. The first-order valence-electron chi connectivity index (χ1n) is 9.63. The summed E-state index contributed by atoms with van der Waals surface area (Å²) < 4.78 is 10.7. The van der Waals surface area contributed by atoms with E-state index in [-0.39, 0.29) is 6.54 Å². The van der Waals surface area contributed by atoms with Crippen LogP contribution in [-0.4, -0.2) is 40.8 Å². The van der Waals surface area contributed by atoms with Gasteiger partial charge in [0, 0.05) is 5.92 Å². The normalized spacial score (nSPS) is 18.7. The number of nitrogens with zero attached hydrogens (tertiary/aromatic N) is 1. The summed E-state index contributed by atoms with van der Waals surface area (Å²) in [5.74, 6) is -0.690. The SMILES string of the molecule is COc1ccc(C[C@@H]2c3ccccc3CN(C(=O)OC(C)(C)C)[C@H]2C(=O)O)cc1. The molecule has 1 amide bonds. The van der Waals surface area contributed by atoms with Gasteiger partial charge in [0.25, 0.3) is 0 Å². The predicted octanol–water partition coefficient (Wildman–Crippen LogP) is 4.23. The van der Waals surface area contributed by atoms with Gasteiger partial charge in [-0.25, -0.2) is 9.59 Å². The molecule has 0 radical (unpaired) electrons. The van der Waals surface area contributed by atoms with E-state index in [1.165, 1.54) is 4.90 Å². The van der Waals surface area contributed by atoms with E-state index in [1.807, 2.05) is 48.5 Å². The first kappa shape index (κ1) is 20.7. The van der Waals surface area contributed by atoms with Gasteiger partial charge in [0.1, 0.15) is 17.4 Å². The summed E-state index contributed by atoms with van der Waals surface area (Å²) >= 11 is 0. The van der Waals surface area contributed by atoms with Crippen LogP contribution in [0.5, 0.6) is 5.75 Å². The van der Waals surface area contributed by atoms with Crippen LogP contribution in [0.15, 0.2) is 48.5 Å². The molecule has 0 bridgehead atoms. The van der Waals surface area contributed by atoms with Gasteiger partial charge in [-0.05, 0) is 56.0 Å². The lowest BCUT2D eigenvalue weighted by Gasteiger charge is -2.40. The molecule has 2 atom stereocenters. The molecule has 6 heteroatoms. The second-order valence-corrected chi connectivity index (χ2v) is 8.25. The zero-order valence-electron chi connectivity index (χ0n) is 17.2. The lowest BCUT2D eigenvalue weighted by atomic mass is 9.79. The molecule has 29 heavy (non-hydrogen) atoms. The number of hydrogen-bond acceptors (Lipinski definition) is 4. The first-order chi connectivity index (χ1) is 13.7.